The lowest BCUT2D eigenvalue weighted by Crippen LogP contribution is -2.25. The molecule has 184 valence electrons. The first-order valence-electron chi connectivity index (χ1n) is 11.6. The molecule has 5 nitrogen and oxygen atoms in total. The molecule has 0 bridgehead atoms. The van der Waals surface area contributed by atoms with Crippen molar-refractivity contribution in [3.05, 3.63) is 75.2 Å². The number of hydrogen-bond donors (Lipinski definition) is 4. The van der Waals surface area contributed by atoms with E-state index in [-0.39, 0.29) is 5.70 Å². The van der Waals surface area contributed by atoms with Crippen molar-refractivity contribution in [3.8, 4) is 11.3 Å². The van der Waals surface area contributed by atoms with Gasteiger partial charge in [0, 0.05) is 42.9 Å². The third-order valence-electron chi connectivity index (χ3n) is 6.40. The Bertz CT molecular complexity index is 1330. The number of nitrogens with two attached hydrogens (primary N) is 1. The van der Waals surface area contributed by atoms with Gasteiger partial charge in [-0.3, -0.25) is 9.71 Å². The standard InChI is InChI=1S/C26H27ClFN3O2S2/c1-26(33,13-32)15-9-10-30-20(12-15)17-4-2-3-14-11-21(34-25(14)17)24(31-35-16-5-6-16)22-18(27)7-8-19(29)23(22)28/h2-4,9-12,16,24,31-33H,5-8,13,29H2,1H3. The van der Waals surface area contributed by atoms with Crippen LogP contribution in [0, 0.1) is 0 Å². The number of fused-ring (bicyclic) bond motifs is 1. The highest BCUT2D eigenvalue weighted by Gasteiger charge is 2.32. The smallest absolute Gasteiger partial charge is 0.148 e. The molecule has 2 aliphatic rings. The van der Waals surface area contributed by atoms with Crippen molar-refractivity contribution >= 4 is 45.0 Å². The quantitative estimate of drug-likeness (QED) is 0.265. The summed E-state index contributed by atoms with van der Waals surface area (Å²) in [5.41, 5.74) is 7.47. The predicted molar refractivity (Wildman–Crippen MR) is 143 cm³/mol. The Morgan fingerprint density at radius 1 is 1.31 bits per heavy atom. The third kappa shape index (κ3) is 5.01. The van der Waals surface area contributed by atoms with E-state index in [1.165, 1.54) is 0 Å². The van der Waals surface area contributed by atoms with Crippen molar-refractivity contribution < 1.29 is 14.6 Å². The number of rotatable bonds is 8. The Balaban J connectivity index is 1.59. The molecule has 5 rings (SSSR count). The van der Waals surface area contributed by atoms with Gasteiger partial charge < -0.3 is 15.9 Å². The Kier molecular flexibility index (Phi) is 6.96. The number of aliphatic hydroxyl groups is 2. The summed E-state index contributed by atoms with van der Waals surface area (Å²) in [6.07, 6.45) is 4.88. The second kappa shape index (κ2) is 9.84. The zero-order valence-corrected chi connectivity index (χ0v) is 21.6. The average molecular weight is 532 g/mol. The Hall–Kier alpha value is -1.94. The van der Waals surface area contributed by atoms with Crippen LogP contribution in [0.15, 0.2) is 64.7 Å². The van der Waals surface area contributed by atoms with Gasteiger partial charge in [0.1, 0.15) is 11.4 Å². The number of hydrogen-bond acceptors (Lipinski definition) is 7. The van der Waals surface area contributed by atoms with E-state index >= 15 is 4.39 Å². The predicted octanol–water partition coefficient (Wildman–Crippen LogP) is 6.03. The lowest BCUT2D eigenvalue weighted by Gasteiger charge is -2.24. The molecule has 35 heavy (non-hydrogen) atoms. The lowest BCUT2D eigenvalue weighted by molar-refractivity contribution is -0.00230. The summed E-state index contributed by atoms with van der Waals surface area (Å²) in [6, 6.07) is 11.1. The molecular formula is C26H27ClFN3O2S2. The van der Waals surface area contributed by atoms with Gasteiger partial charge in [-0.1, -0.05) is 41.7 Å². The molecule has 2 atom stereocenters. The highest BCUT2D eigenvalue weighted by atomic mass is 35.5. The van der Waals surface area contributed by atoms with Crippen molar-refractivity contribution in [1.29, 1.82) is 0 Å². The van der Waals surface area contributed by atoms with Crippen molar-refractivity contribution in [3.63, 3.8) is 0 Å². The van der Waals surface area contributed by atoms with Crippen LogP contribution >= 0.6 is 34.9 Å². The summed E-state index contributed by atoms with van der Waals surface area (Å²) in [6.45, 7) is 1.17. The second-order valence-corrected chi connectivity index (χ2v) is 11.9. The number of nitrogens with zero attached hydrogens (tertiary/aromatic N) is 1. The van der Waals surface area contributed by atoms with Gasteiger partial charge in [0.2, 0.25) is 0 Å². The van der Waals surface area contributed by atoms with E-state index in [1.54, 1.807) is 48.5 Å². The average Bonchev–Trinajstić information content (AvgIpc) is 3.59. The van der Waals surface area contributed by atoms with Crippen LogP contribution in [0.5, 0.6) is 0 Å². The highest BCUT2D eigenvalue weighted by Crippen LogP contribution is 2.46. The first-order chi connectivity index (χ1) is 16.8. The maximum atomic E-state index is 15.3. The van der Waals surface area contributed by atoms with Crippen LogP contribution in [0.4, 0.5) is 4.39 Å². The van der Waals surface area contributed by atoms with Gasteiger partial charge in [-0.25, -0.2) is 4.39 Å². The summed E-state index contributed by atoms with van der Waals surface area (Å²) in [5.74, 6) is -0.423. The maximum absolute atomic E-state index is 15.3. The molecule has 2 unspecified atom stereocenters. The molecule has 0 aliphatic heterocycles. The SMILES string of the molecule is CC(O)(CO)c1ccnc(-c2cccc3cc(C(NSC4CC4)C4=C(Cl)CCC(N)=C4F)sc23)c1. The third-order valence-corrected chi connectivity index (χ3v) is 9.22. The van der Waals surface area contributed by atoms with Crippen LogP contribution in [0.2, 0.25) is 0 Å². The van der Waals surface area contributed by atoms with E-state index in [0.29, 0.717) is 40.0 Å². The van der Waals surface area contributed by atoms with Crippen molar-refractivity contribution in [2.75, 3.05) is 6.61 Å². The molecule has 1 fully saturated rings. The minimum Gasteiger partial charge on any atom is -0.400 e. The number of halogens is 2. The maximum Gasteiger partial charge on any atom is 0.148 e. The van der Waals surface area contributed by atoms with E-state index in [0.717, 1.165) is 33.4 Å². The van der Waals surface area contributed by atoms with Crippen LogP contribution < -0.4 is 10.5 Å². The molecule has 9 heteroatoms. The molecule has 0 amide bonds. The van der Waals surface area contributed by atoms with Crippen molar-refractivity contribution in [1.82, 2.24) is 9.71 Å². The molecule has 3 aromatic rings. The van der Waals surface area contributed by atoms with Crippen molar-refractivity contribution in [2.45, 2.75) is 49.5 Å². The topological polar surface area (TPSA) is 91.4 Å². The molecule has 0 saturated heterocycles. The molecule has 1 aromatic carbocycles. The lowest BCUT2D eigenvalue weighted by atomic mass is 9.95. The van der Waals surface area contributed by atoms with Crippen molar-refractivity contribution in [2.24, 2.45) is 5.73 Å². The minimum absolute atomic E-state index is 0.242. The summed E-state index contributed by atoms with van der Waals surface area (Å²) in [5, 5.41) is 22.2. The molecule has 0 spiro atoms. The van der Waals surface area contributed by atoms with Gasteiger partial charge in [0.05, 0.1) is 18.3 Å². The highest BCUT2D eigenvalue weighted by molar-refractivity contribution is 7.98. The van der Waals surface area contributed by atoms with Crippen LogP contribution in [0.25, 0.3) is 21.3 Å². The fraction of sp³-hybridized carbons (Fsp3) is 0.346. The van der Waals surface area contributed by atoms with Gasteiger partial charge >= 0.3 is 0 Å². The number of nitrogens with one attached hydrogen (secondary N) is 1. The van der Waals surface area contributed by atoms with E-state index in [9.17, 15) is 10.2 Å². The fourth-order valence-corrected chi connectivity index (χ4v) is 6.65. The van der Waals surface area contributed by atoms with Gasteiger partial charge in [0.15, 0.2) is 0 Å². The first-order valence-corrected chi connectivity index (χ1v) is 13.6. The summed E-state index contributed by atoms with van der Waals surface area (Å²) in [7, 11) is 0. The Labute approximate surface area is 217 Å². The molecule has 1 saturated carbocycles. The molecule has 2 aromatic heterocycles. The molecule has 0 radical (unpaired) electrons. The zero-order chi connectivity index (χ0) is 24.7. The first kappa shape index (κ1) is 24.7. The number of pyridine rings is 1. The summed E-state index contributed by atoms with van der Waals surface area (Å²) >= 11 is 9.77. The van der Waals surface area contributed by atoms with E-state index in [2.05, 4.69) is 15.8 Å². The van der Waals surface area contributed by atoms with Gasteiger partial charge in [-0.05, 0) is 61.8 Å². The zero-order valence-electron chi connectivity index (χ0n) is 19.2. The second-order valence-electron chi connectivity index (χ2n) is 9.26. The number of benzene rings is 1. The Morgan fingerprint density at radius 2 is 2.11 bits per heavy atom. The molecule has 2 aliphatic carbocycles. The summed E-state index contributed by atoms with van der Waals surface area (Å²) < 4.78 is 19.8. The number of thiophene rings is 1. The van der Waals surface area contributed by atoms with E-state index in [1.807, 2.05) is 18.2 Å². The molecular weight excluding hydrogens is 505 g/mol. The Morgan fingerprint density at radius 3 is 2.86 bits per heavy atom. The number of aliphatic hydroxyl groups excluding tert-OH is 1. The van der Waals surface area contributed by atoms with Crippen LogP contribution in [0.3, 0.4) is 0 Å². The van der Waals surface area contributed by atoms with Gasteiger partial charge in [-0.15, -0.1) is 11.3 Å². The van der Waals surface area contributed by atoms with Crippen LogP contribution in [0.1, 0.15) is 49.1 Å². The van der Waals surface area contributed by atoms with E-state index in [4.69, 9.17) is 17.3 Å². The number of allylic oxidation sites excluding steroid dienone is 2. The fourth-order valence-electron chi connectivity index (χ4n) is 4.10. The normalized spacial score (nSPS) is 19.3. The molecule has 2 heterocycles. The van der Waals surface area contributed by atoms with Gasteiger partial charge in [0.25, 0.3) is 0 Å². The monoisotopic (exact) mass is 531 g/mol. The number of aromatic nitrogens is 1. The largest absolute Gasteiger partial charge is 0.400 e. The minimum atomic E-state index is -1.37. The van der Waals surface area contributed by atoms with Gasteiger partial charge in [-0.2, -0.15) is 0 Å². The molecule has 5 N–H and O–H groups in total. The van der Waals surface area contributed by atoms with Crippen LogP contribution in [-0.2, 0) is 5.60 Å². The van der Waals surface area contributed by atoms with Crippen LogP contribution in [-0.4, -0.2) is 27.1 Å². The summed E-state index contributed by atoms with van der Waals surface area (Å²) in [4.78, 5) is 5.47. The van der Waals surface area contributed by atoms with E-state index < -0.39 is 24.1 Å².